The third-order valence-electron chi connectivity index (χ3n) is 2.87. The Hall–Kier alpha value is -1.81. The zero-order valence-corrected chi connectivity index (χ0v) is 12.7. The molecule has 0 unspecified atom stereocenters. The van der Waals surface area contributed by atoms with Crippen molar-refractivity contribution < 1.29 is 0 Å². The summed E-state index contributed by atoms with van der Waals surface area (Å²) in [5.74, 6) is 1.26. The van der Waals surface area contributed by atoms with E-state index in [0.29, 0.717) is 29.0 Å². The number of nitrogens with one attached hydrogen (secondary N) is 1. The molecule has 5 heteroatoms. The molecule has 2 rings (SSSR count). The van der Waals surface area contributed by atoms with E-state index in [-0.39, 0.29) is 5.41 Å². The van der Waals surface area contributed by atoms with Crippen LogP contribution in [0.1, 0.15) is 32.2 Å². The van der Waals surface area contributed by atoms with Crippen molar-refractivity contribution in [1.82, 2.24) is 9.97 Å². The van der Waals surface area contributed by atoms with Crippen molar-refractivity contribution in [2.24, 2.45) is 0 Å². The molecule has 0 aliphatic rings. The van der Waals surface area contributed by atoms with Gasteiger partial charge in [0.1, 0.15) is 11.5 Å². The van der Waals surface area contributed by atoms with Crippen molar-refractivity contribution in [2.75, 3.05) is 11.1 Å². The van der Waals surface area contributed by atoms with Gasteiger partial charge in [0, 0.05) is 12.0 Å². The zero-order valence-electron chi connectivity index (χ0n) is 11.9. The second-order valence-corrected chi connectivity index (χ2v) is 6.05. The lowest BCUT2D eigenvalue weighted by Crippen LogP contribution is -2.18. The molecule has 2 aromatic rings. The molecule has 0 atom stereocenters. The van der Waals surface area contributed by atoms with E-state index in [0.717, 1.165) is 5.56 Å². The molecule has 4 nitrogen and oxygen atoms in total. The van der Waals surface area contributed by atoms with Gasteiger partial charge in [0.2, 0.25) is 0 Å². The van der Waals surface area contributed by atoms with Gasteiger partial charge in [0.05, 0.1) is 0 Å². The summed E-state index contributed by atoms with van der Waals surface area (Å²) >= 11 is 6.09. The maximum atomic E-state index is 6.09. The molecule has 1 aromatic carbocycles. The number of rotatable bonds is 3. The highest BCUT2D eigenvalue weighted by molar-refractivity contribution is 6.32. The molecule has 20 heavy (non-hydrogen) atoms. The van der Waals surface area contributed by atoms with E-state index in [9.17, 15) is 0 Å². The van der Waals surface area contributed by atoms with Gasteiger partial charge >= 0.3 is 0 Å². The van der Waals surface area contributed by atoms with E-state index in [1.807, 2.05) is 51.1 Å². The van der Waals surface area contributed by atoms with Crippen LogP contribution in [0.15, 0.2) is 30.3 Å². The lowest BCUT2D eigenvalue weighted by atomic mass is 9.96. The lowest BCUT2D eigenvalue weighted by Gasteiger charge is -2.19. The molecule has 0 amide bonds. The number of aromatic nitrogens is 2. The molecule has 0 spiro atoms. The first-order valence-electron chi connectivity index (χ1n) is 6.49. The van der Waals surface area contributed by atoms with E-state index >= 15 is 0 Å². The van der Waals surface area contributed by atoms with E-state index in [4.69, 9.17) is 17.3 Å². The second kappa shape index (κ2) is 5.67. The molecule has 0 fully saturated rings. The van der Waals surface area contributed by atoms with Crippen LogP contribution in [-0.2, 0) is 12.0 Å². The van der Waals surface area contributed by atoms with Gasteiger partial charge in [-0.25, -0.2) is 9.97 Å². The highest BCUT2D eigenvalue weighted by Crippen LogP contribution is 2.28. The van der Waals surface area contributed by atoms with Crippen LogP contribution in [0.3, 0.4) is 0 Å². The van der Waals surface area contributed by atoms with Crippen molar-refractivity contribution in [3.05, 3.63) is 46.9 Å². The Balaban J connectivity index is 2.25. The summed E-state index contributed by atoms with van der Waals surface area (Å²) in [5.41, 5.74) is 7.30. The summed E-state index contributed by atoms with van der Waals surface area (Å²) in [4.78, 5) is 8.74. The normalized spacial score (nSPS) is 11.4. The predicted octanol–water partition coefficient (Wildman–Crippen LogP) is 3.62. The largest absolute Gasteiger partial charge is 0.393 e. The second-order valence-electron chi connectivity index (χ2n) is 5.69. The summed E-state index contributed by atoms with van der Waals surface area (Å²) in [6.45, 7) is 6.75. The Morgan fingerprint density at radius 3 is 2.40 bits per heavy atom. The van der Waals surface area contributed by atoms with Gasteiger partial charge in [-0.15, -0.1) is 0 Å². The topological polar surface area (TPSA) is 63.8 Å². The molecular weight excluding hydrogens is 272 g/mol. The average Bonchev–Trinajstić information content (AvgIpc) is 2.40. The highest BCUT2D eigenvalue weighted by Gasteiger charge is 2.20. The van der Waals surface area contributed by atoms with Crippen LogP contribution in [0, 0.1) is 0 Å². The van der Waals surface area contributed by atoms with Crippen LogP contribution >= 0.6 is 11.6 Å². The Morgan fingerprint density at radius 1 is 1.15 bits per heavy atom. The molecule has 0 bridgehead atoms. The first-order valence-corrected chi connectivity index (χ1v) is 6.87. The van der Waals surface area contributed by atoms with Crippen LogP contribution in [0.2, 0.25) is 5.15 Å². The van der Waals surface area contributed by atoms with E-state index in [1.165, 1.54) is 0 Å². The first-order chi connectivity index (χ1) is 9.38. The average molecular weight is 291 g/mol. The minimum absolute atomic E-state index is 0.180. The molecular formula is C15H19ClN4. The van der Waals surface area contributed by atoms with E-state index in [1.54, 1.807) is 0 Å². The number of hydrogen-bond donors (Lipinski definition) is 2. The van der Waals surface area contributed by atoms with Crippen molar-refractivity contribution >= 4 is 23.1 Å². The summed E-state index contributed by atoms with van der Waals surface area (Å²) in [6, 6.07) is 10.0. The van der Waals surface area contributed by atoms with Crippen LogP contribution in [0.4, 0.5) is 11.5 Å². The summed E-state index contributed by atoms with van der Waals surface area (Å²) in [6.07, 6.45) is 0. The molecule has 0 saturated carbocycles. The number of halogens is 1. The summed E-state index contributed by atoms with van der Waals surface area (Å²) in [5, 5.41) is 3.51. The minimum Gasteiger partial charge on any atom is -0.393 e. The predicted molar refractivity (Wildman–Crippen MR) is 83.9 cm³/mol. The molecule has 3 N–H and O–H groups in total. The van der Waals surface area contributed by atoms with Crippen LogP contribution in [0.25, 0.3) is 0 Å². The van der Waals surface area contributed by atoms with Crippen LogP contribution < -0.4 is 11.1 Å². The van der Waals surface area contributed by atoms with Gasteiger partial charge < -0.3 is 11.1 Å². The Labute approximate surface area is 124 Å². The quantitative estimate of drug-likeness (QED) is 0.848. The molecule has 0 radical (unpaired) electrons. The molecule has 0 saturated heterocycles. The van der Waals surface area contributed by atoms with Gasteiger partial charge in [-0.05, 0) is 5.56 Å². The van der Waals surface area contributed by atoms with Gasteiger partial charge in [-0.1, -0.05) is 62.7 Å². The van der Waals surface area contributed by atoms with Gasteiger partial charge in [-0.2, -0.15) is 0 Å². The summed E-state index contributed by atoms with van der Waals surface area (Å²) in [7, 11) is 0. The fourth-order valence-electron chi connectivity index (χ4n) is 1.69. The Morgan fingerprint density at radius 2 is 1.80 bits per heavy atom. The van der Waals surface area contributed by atoms with Crippen molar-refractivity contribution in [2.45, 2.75) is 32.7 Å². The number of hydrogen-bond acceptors (Lipinski definition) is 4. The van der Waals surface area contributed by atoms with E-state index < -0.39 is 0 Å². The lowest BCUT2D eigenvalue weighted by molar-refractivity contribution is 0.546. The molecule has 1 heterocycles. The van der Waals surface area contributed by atoms with Crippen LogP contribution in [-0.4, -0.2) is 9.97 Å². The highest BCUT2D eigenvalue weighted by atomic mass is 35.5. The fraction of sp³-hybridized carbons (Fsp3) is 0.333. The number of nitrogens with zero attached hydrogens (tertiary/aromatic N) is 2. The summed E-state index contributed by atoms with van der Waals surface area (Å²) < 4.78 is 0. The zero-order chi connectivity index (χ0) is 14.8. The monoisotopic (exact) mass is 290 g/mol. The number of nitrogen functional groups attached to an aromatic ring is 1. The third-order valence-corrected chi connectivity index (χ3v) is 3.16. The fourth-order valence-corrected chi connectivity index (χ4v) is 1.86. The molecule has 106 valence electrons. The molecule has 1 aromatic heterocycles. The third kappa shape index (κ3) is 3.39. The van der Waals surface area contributed by atoms with Gasteiger partial charge in [0.15, 0.2) is 11.0 Å². The van der Waals surface area contributed by atoms with Crippen molar-refractivity contribution in [1.29, 1.82) is 0 Å². The maximum Gasteiger partial charge on any atom is 0.157 e. The smallest absolute Gasteiger partial charge is 0.157 e. The standard InChI is InChI=1S/C15H19ClN4/c1-15(2,3)14-19-12(16)11(17)13(20-14)18-9-10-7-5-4-6-8-10/h4-8H,9,17H2,1-3H3,(H,18,19,20). The maximum absolute atomic E-state index is 6.09. The minimum atomic E-state index is -0.180. The number of anilines is 2. The first kappa shape index (κ1) is 14.6. The van der Waals surface area contributed by atoms with Crippen molar-refractivity contribution in [3.8, 4) is 0 Å². The van der Waals surface area contributed by atoms with Crippen molar-refractivity contribution in [3.63, 3.8) is 0 Å². The molecule has 0 aliphatic heterocycles. The van der Waals surface area contributed by atoms with Gasteiger partial charge in [0.25, 0.3) is 0 Å². The number of nitrogens with two attached hydrogens (primary N) is 1. The Bertz CT molecular complexity index is 591. The van der Waals surface area contributed by atoms with E-state index in [2.05, 4.69) is 15.3 Å². The molecule has 0 aliphatic carbocycles. The SMILES string of the molecule is CC(C)(C)c1nc(Cl)c(N)c(NCc2ccccc2)n1. The Kier molecular flexibility index (Phi) is 4.14. The van der Waals surface area contributed by atoms with Crippen LogP contribution in [0.5, 0.6) is 0 Å². The van der Waals surface area contributed by atoms with Gasteiger partial charge in [-0.3, -0.25) is 0 Å². The number of benzene rings is 1.